The van der Waals surface area contributed by atoms with Crippen molar-refractivity contribution in [3.05, 3.63) is 12.5 Å². The summed E-state index contributed by atoms with van der Waals surface area (Å²) in [5.74, 6) is 0. The molecule has 0 saturated carbocycles. The molecule has 78 valence electrons. The van der Waals surface area contributed by atoms with Gasteiger partial charge in [-0.2, -0.15) is 0 Å². The van der Waals surface area contributed by atoms with Crippen molar-refractivity contribution >= 4 is 19.7 Å². The molecule has 0 aliphatic carbocycles. The fourth-order valence-corrected chi connectivity index (χ4v) is 2.06. The number of rotatable bonds is 2. The number of hydrogen-bond donors (Lipinski definition) is 0. The van der Waals surface area contributed by atoms with Gasteiger partial charge in [0.25, 0.3) is 9.05 Å². The van der Waals surface area contributed by atoms with Crippen LogP contribution in [0.2, 0.25) is 0 Å². The van der Waals surface area contributed by atoms with Gasteiger partial charge in [-0.25, -0.2) is 13.4 Å². The maximum Gasteiger partial charge on any atom is 0.280 e. The Kier molecular flexibility index (Phi) is 2.50. The molecule has 0 bridgehead atoms. The molecule has 1 aromatic heterocycles. The summed E-state index contributed by atoms with van der Waals surface area (Å²) in [5, 5.41) is -0.105. The van der Waals surface area contributed by atoms with E-state index < -0.39 is 9.05 Å². The van der Waals surface area contributed by atoms with Gasteiger partial charge in [0.05, 0.1) is 19.0 Å². The number of aromatic nitrogens is 2. The van der Waals surface area contributed by atoms with Crippen molar-refractivity contribution < 1.29 is 13.2 Å². The first-order valence-electron chi connectivity index (χ1n) is 4.13. The summed E-state index contributed by atoms with van der Waals surface area (Å²) in [6, 6.07) is 0.176. The second kappa shape index (κ2) is 3.52. The van der Waals surface area contributed by atoms with Gasteiger partial charge in [0.15, 0.2) is 5.03 Å². The van der Waals surface area contributed by atoms with Gasteiger partial charge in [0.1, 0.15) is 0 Å². The average Bonchev–Trinajstić information content (AvgIpc) is 2.73. The maximum atomic E-state index is 10.9. The smallest absolute Gasteiger partial charge is 0.280 e. The molecule has 7 heteroatoms. The second-order valence-electron chi connectivity index (χ2n) is 3.11. The van der Waals surface area contributed by atoms with Crippen molar-refractivity contribution in [2.45, 2.75) is 17.5 Å². The van der Waals surface area contributed by atoms with Gasteiger partial charge in [0.2, 0.25) is 0 Å². The molecule has 0 spiro atoms. The molecular weight excluding hydrogens is 228 g/mol. The normalized spacial score (nSPS) is 22.8. The molecule has 1 unspecified atom stereocenters. The lowest BCUT2D eigenvalue weighted by Gasteiger charge is -2.07. The van der Waals surface area contributed by atoms with Crippen LogP contribution in [0.15, 0.2) is 17.6 Å². The highest BCUT2D eigenvalue weighted by atomic mass is 35.7. The summed E-state index contributed by atoms with van der Waals surface area (Å²) in [6.07, 6.45) is 3.77. The standard InChI is InChI=1S/C7H9ClN2O3S/c8-14(11,12)7-3-10(5-9-7)6-1-2-13-4-6/h3,5-6H,1-2,4H2. The molecule has 2 heterocycles. The summed E-state index contributed by atoms with van der Waals surface area (Å²) < 4.78 is 28.7. The molecule has 0 radical (unpaired) electrons. The zero-order chi connectivity index (χ0) is 10.2. The van der Waals surface area contributed by atoms with E-state index in [0.717, 1.165) is 6.42 Å². The van der Waals surface area contributed by atoms with Gasteiger partial charge in [-0.05, 0) is 6.42 Å². The van der Waals surface area contributed by atoms with E-state index in [-0.39, 0.29) is 11.1 Å². The van der Waals surface area contributed by atoms with Crippen LogP contribution in [0, 0.1) is 0 Å². The van der Waals surface area contributed by atoms with E-state index in [1.165, 1.54) is 12.5 Å². The number of ether oxygens (including phenoxy) is 1. The quantitative estimate of drug-likeness (QED) is 0.712. The molecule has 1 fully saturated rings. The minimum Gasteiger partial charge on any atom is -0.379 e. The molecule has 14 heavy (non-hydrogen) atoms. The highest BCUT2D eigenvalue weighted by molar-refractivity contribution is 8.13. The monoisotopic (exact) mass is 236 g/mol. The predicted octanol–water partition coefficient (Wildman–Crippen LogP) is 0.772. The number of halogens is 1. The first-order valence-corrected chi connectivity index (χ1v) is 6.44. The van der Waals surface area contributed by atoms with Gasteiger partial charge >= 0.3 is 0 Å². The molecule has 1 aromatic rings. The van der Waals surface area contributed by atoms with Crippen molar-refractivity contribution in [1.82, 2.24) is 9.55 Å². The summed E-state index contributed by atoms with van der Waals surface area (Å²) in [4.78, 5) is 3.72. The fourth-order valence-electron chi connectivity index (χ4n) is 1.40. The largest absolute Gasteiger partial charge is 0.379 e. The van der Waals surface area contributed by atoms with E-state index in [1.807, 2.05) is 0 Å². The molecular formula is C7H9ClN2O3S. The first-order chi connectivity index (χ1) is 6.57. The first kappa shape index (κ1) is 9.95. The van der Waals surface area contributed by atoms with Crippen LogP contribution >= 0.6 is 10.7 Å². The molecule has 2 rings (SSSR count). The van der Waals surface area contributed by atoms with E-state index in [4.69, 9.17) is 15.4 Å². The summed E-state index contributed by atoms with van der Waals surface area (Å²) in [6.45, 7) is 1.30. The van der Waals surface area contributed by atoms with E-state index >= 15 is 0 Å². The van der Waals surface area contributed by atoms with E-state index in [2.05, 4.69) is 4.98 Å². The van der Waals surface area contributed by atoms with E-state index in [1.54, 1.807) is 4.57 Å². The van der Waals surface area contributed by atoms with Crippen LogP contribution in [0.3, 0.4) is 0 Å². The van der Waals surface area contributed by atoms with Crippen LogP contribution in [-0.4, -0.2) is 31.2 Å². The van der Waals surface area contributed by atoms with Crippen LogP contribution in [0.5, 0.6) is 0 Å². The number of imidazole rings is 1. The predicted molar refractivity (Wildman–Crippen MR) is 49.7 cm³/mol. The van der Waals surface area contributed by atoms with Crippen molar-refractivity contribution in [3.63, 3.8) is 0 Å². The second-order valence-corrected chi connectivity index (χ2v) is 5.63. The van der Waals surface area contributed by atoms with E-state index in [9.17, 15) is 8.42 Å². The summed E-state index contributed by atoms with van der Waals surface area (Å²) in [7, 11) is 1.43. The van der Waals surface area contributed by atoms with Crippen LogP contribution in [-0.2, 0) is 13.8 Å². The Bertz CT molecular complexity index is 422. The highest BCUT2D eigenvalue weighted by Crippen LogP contribution is 2.20. The molecule has 0 amide bonds. The Balaban J connectivity index is 2.25. The number of nitrogens with zero attached hydrogens (tertiary/aromatic N) is 2. The maximum absolute atomic E-state index is 10.9. The van der Waals surface area contributed by atoms with Crippen molar-refractivity contribution in [2.75, 3.05) is 13.2 Å². The average molecular weight is 237 g/mol. The molecule has 1 atom stereocenters. The molecule has 0 N–H and O–H groups in total. The summed E-state index contributed by atoms with van der Waals surface area (Å²) >= 11 is 0. The third-order valence-electron chi connectivity index (χ3n) is 2.15. The Morgan fingerprint density at radius 1 is 1.64 bits per heavy atom. The SMILES string of the molecule is O=S(=O)(Cl)c1cn(C2CCOC2)cn1. The lowest BCUT2D eigenvalue weighted by atomic mass is 10.3. The Morgan fingerprint density at radius 3 is 2.93 bits per heavy atom. The molecule has 1 aliphatic heterocycles. The molecule has 0 aromatic carbocycles. The molecule has 1 aliphatic rings. The van der Waals surface area contributed by atoms with Crippen LogP contribution < -0.4 is 0 Å². The number of hydrogen-bond acceptors (Lipinski definition) is 4. The van der Waals surface area contributed by atoms with Gasteiger partial charge in [-0.3, -0.25) is 0 Å². The molecule has 5 nitrogen and oxygen atoms in total. The van der Waals surface area contributed by atoms with Gasteiger partial charge < -0.3 is 9.30 Å². The van der Waals surface area contributed by atoms with Gasteiger partial charge in [-0.15, -0.1) is 0 Å². The minimum absolute atomic E-state index is 0.105. The lowest BCUT2D eigenvalue weighted by Crippen LogP contribution is -2.05. The zero-order valence-corrected chi connectivity index (χ0v) is 8.83. The third-order valence-corrected chi connectivity index (χ3v) is 3.34. The van der Waals surface area contributed by atoms with Crippen molar-refractivity contribution in [1.29, 1.82) is 0 Å². The van der Waals surface area contributed by atoms with Gasteiger partial charge in [-0.1, -0.05) is 0 Å². The topological polar surface area (TPSA) is 61.2 Å². The van der Waals surface area contributed by atoms with E-state index in [0.29, 0.717) is 13.2 Å². The molecule has 1 saturated heterocycles. The highest BCUT2D eigenvalue weighted by Gasteiger charge is 2.20. The van der Waals surface area contributed by atoms with Crippen LogP contribution in [0.25, 0.3) is 0 Å². The van der Waals surface area contributed by atoms with Crippen molar-refractivity contribution in [3.8, 4) is 0 Å². The third kappa shape index (κ3) is 1.92. The minimum atomic E-state index is -3.71. The zero-order valence-electron chi connectivity index (χ0n) is 7.26. The van der Waals surface area contributed by atoms with Crippen LogP contribution in [0.4, 0.5) is 0 Å². The summed E-state index contributed by atoms with van der Waals surface area (Å²) in [5.41, 5.74) is 0. The van der Waals surface area contributed by atoms with Crippen molar-refractivity contribution in [2.24, 2.45) is 0 Å². The Hall–Kier alpha value is -0.590. The fraction of sp³-hybridized carbons (Fsp3) is 0.571. The lowest BCUT2D eigenvalue weighted by molar-refractivity contribution is 0.186. The Labute approximate surface area is 86.1 Å². The Morgan fingerprint density at radius 2 is 2.43 bits per heavy atom. The van der Waals surface area contributed by atoms with Crippen LogP contribution in [0.1, 0.15) is 12.5 Å². The van der Waals surface area contributed by atoms with Gasteiger partial charge in [0, 0.05) is 23.5 Å².